The van der Waals surface area contributed by atoms with E-state index in [4.69, 9.17) is 16.7 Å². The topological polar surface area (TPSA) is 77.8 Å². The molecule has 0 aromatic heterocycles. The Morgan fingerprint density at radius 2 is 2.21 bits per heavy atom. The molecule has 2 atom stereocenters. The van der Waals surface area contributed by atoms with E-state index in [0.717, 1.165) is 17.1 Å². The second-order valence-corrected chi connectivity index (χ2v) is 8.34. The lowest BCUT2D eigenvalue weighted by Crippen LogP contribution is -2.34. The monoisotopic (exact) mass is 429 g/mol. The molecule has 1 aliphatic heterocycles. The van der Waals surface area contributed by atoms with Crippen molar-refractivity contribution >= 4 is 35.2 Å². The van der Waals surface area contributed by atoms with Crippen molar-refractivity contribution in [2.75, 3.05) is 18.1 Å². The van der Waals surface area contributed by atoms with E-state index in [1.807, 2.05) is 11.0 Å². The number of halogens is 2. The Morgan fingerprint density at radius 3 is 2.93 bits per heavy atom. The van der Waals surface area contributed by atoms with Crippen molar-refractivity contribution < 1.29 is 24.2 Å². The number of amides is 1. The Balaban J connectivity index is 1.79. The van der Waals surface area contributed by atoms with Gasteiger partial charge < -0.3 is 15.1 Å². The summed E-state index contributed by atoms with van der Waals surface area (Å²) in [5.41, 5.74) is 0.737. The summed E-state index contributed by atoms with van der Waals surface area (Å²) >= 11 is 7.40. The molecule has 0 unspecified atom stereocenters. The molecule has 1 heterocycles. The van der Waals surface area contributed by atoms with E-state index in [1.165, 1.54) is 12.1 Å². The number of aliphatic carboxylic acids is 1. The number of carbonyl (C=O) groups is 2. The van der Waals surface area contributed by atoms with Crippen molar-refractivity contribution in [3.63, 3.8) is 0 Å². The van der Waals surface area contributed by atoms with Crippen molar-refractivity contribution in [2.24, 2.45) is 0 Å². The molecule has 2 rings (SSSR count). The molecule has 154 valence electrons. The van der Waals surface area contributed by atoms with E-state index in [-0.39, 0.29) is 23.4 Å². The average Bonchev–Trinajstić information content (AvgIpc) is 2.99. The van der Waals surface area contributed by atoms with Crippen LogP contribution in [0.3, 0.4) is 0 Å². The van der Waals surface area contributed by atoms with Crippen LogP contribution in [-0.2, 0) is 16.0 Å². The van der Waals surface area contributed by atoms with Gasteiger partial charge >= 0.3 is 5.97 Å². The lowest BCUT2D eigenvalue weighted by atomic mass is 10.1. The van der Waals surface area contributed by atoms with Crippen LogP contribution in [-0.4, -0.2) is 57.2 Å². The summed E-state index contributed by atoms with van der Waals surface area (Å²) in [5, 5.41) is 18.9. The van der Waals surface area contributed by atoms with Gasteiger partial charge in [0.2, 0.25) is 5.91 Å². The van der Waals surface area contributed by atoms with Crippen LogP contribution < -0.4 is 0 Å². The molecule has 1 aromatic rings. The van der Waals surface area contributed by atoms with Gasteiger partial charge in [-0.15, -0.1) is 0 Å². The van der Waals surface area contributed by atoms with E-state index < -0.39 is 17.9 Å². The predicted molar refractivity (Wildman–Crippen MR) is 109 cm³/mol. The van der Waals surface area contributed by atoms with Gasteiger partial charge in [-0.2, -0.15) is 11.8 Å². The minimum Gasteiger partial charge on any atom is -0.481 e. The number of carboxylic acid groups (broad SMARTS) is 1. The molecule has 5 nitrogen and oxygen atoms in total. The van der Waals surface area contributed by atoms with Crippen LogP contribution in [0.15, 0.2) is 30.4 Å². The lowest BCUT2D eigenvalue weighted by molar-refractivity contribution is -0.137. The van der Waals surface area contributed by atoms with E-state index >= 15 is 0 Å². The van der Waals surface area contributed by atoms with Gasteiger partial charge in [0.25, 0.3) is 0 Å². The van der Waals surface area contributed by atoms with Crippen molar-refractivity contribution in [3.05, 3.63) is 46.8 Å². The van der Waals surface area contributed by atoms with Gasteiger partial charge in [-0.1, -0.05) is 29.8 Å². The van der Waals surface area contributed by atoms with Gasteiger partial charge in [0, 0.05) is 31.6 Å². The third-order valence-corrected chi connectivity index (χ3v) is 5.85. The fraction of sp³-hybridized carbons (Fsp3) is 0.500. The number of thioether (sulfide) groups is 1. The van der Waals surface area contributed by atoms with E-state index in [1.54, 1.807) is 23.9 Å². The summed E-state index contributed by atoms with van der Waals surface area (Å²) in [6.45, 7) is 0.606. The van der Waals surface area contributed by atoms with E-state index in [9.17, 15) is 19.1 Å². The number of carboxylic acids is 1. The third kappa shape index (κ3) is 7.45. The van der Waals surface area contributed by atoms with Crippen molar-refractivity contribution in [3.8, 4) is 0 Å². The normalized spacial score (nSPS) is 18.2. The zero-order chi connectivity index (χ0) is 20.5. The molecule has 2 N–H and O–H groups in total. The highest BCUT2D eigenvalue weighted by Gasteiger charge is 2.28. The molecule has 8 heteroatoms. The highest BCUT2D eigenvalue weighted by molar-refractivity contribution is 7.99. The number of aliphatic hydroxyl groups excluding tert-OH is 1. The summed E-state index contributed by atoms with van der Waals surface area (Å²) in [7, 11) is 0. The molecule has 1 saturated heterocycles. The minimum atomic E-state index is -0.790. The first-order chi connectivity index (χ1) is 13.4. The predicted octanol–water partition coefficient (Wildman–Crippen LogP) is 3.53. The Bertz CT molecular complexity index is 715. The van der Waals surface area contributed by atoms with E-state index in [0.29, 0.717) is 32.2 Å². The van der Waals surface area contributed by atoms with Crippen LogP contribution in [0.25, 0.3) is 0 Å². The number of hydrogen-bond donors (Lipinski definition) is 2. The average molecular weight is 430 g/mol. The molecule has 0 aliphatic carbocycles. The van der Waals surface area contributed by atoms with Gasteiger partial charge in [-0.3, -0.25) is 9.59 Å². The lowest BCUT2D eigenvalue weighted by Gasteiger charge is -2.22. The number of hydrogen-bond acceptors (Lipinski definition) is 4. The fourth-order valence-electron chi connectivity index (χ4n) is 3.07. The van der Waals surface area contributed by atoms with Crippen LogP contribution in [0.1, 0.15) is 31.2 Å². The Hall–Kier alpha value is -1.57. The number of carbonyl (C=O) groups excluding carboxylic acids is 1. The Morgan fingerprint density at radius 1 is 1.43 bits per heavy atom. The first-order valence-corrected chi connectivity index (χ1v) is 10.8. The molecule has 28 heavy (non-hydrogen) atoms. The maximum atomic E-state index is 13.2. The number of nitrogens with zero attached hydrogens (tertiary/aromatic N) is 1. The van der Waals surface area contributed by atoms with Gasteiger partial charge in [0.05, 0.1) is 17.2 Å². The molecule has 0 radical (unpaired) electrons. The molecular weight excluding hydrogens is 405 g/mol. The van der Waals surface area contributed by atoms with Crippen molar-refractivity contribution in [2.45, 2.75) is 44.2 Å². The summed E-state index contributed by atoms with van der Waals surface area (Å²) < 4.78 is 13.2. The quantitative estimate of drug-likeness (QED) is 0.415. The Labute approximate surface area is 173 Å². The molecule has 1 amide bonds. The summed E-state index contributed by atoms with van der Waals surface area (Å²) in [6, 6.07) is 4.32. The number of rotatable bonds is 11. The second kappa shape index (κ2) is 11.4. The van der Waals surface area contributed by atoms with E-state index in [2.05, 4.69) is 0 Å². The summed E-state index contributed by atoms with van der Waals surface area (Å²) in [5.74, 6) is 0.332. The van der Waals surface area contributed by atoms with Gasteiger partial charge in [-0.05, 0) is 36.3 Å². The molecule has 1 aliphatic rings. The second-order valence-electron chi connectivity index (χ2n) is 6.71. The van der Waals surface area contributed by atoms with Crippen LogP contribution in [0.4, 0.5) is 4.39 Å². The minimum absolute atomic E-state index is 0.0297. The molecule has 1 fully saturated rings. The largest absolute Gasteiger partial charge is 0.481 e. The first kappa shape index (κ1) is 22.7. The van der Waals surface area contributed by atoms with Crippen LogP contribution in [0.5, 0.6) is 0 Å². The number of likely N-dealkylation sites (tertiary alicyclic amines) is 1. The molecular formula is C20H25ClFNO4S. The number of benzene rings is 1. The van der Waals surface area contributed by atoms with Crippen molar-refractivity contribution in [1.29, 1.82) is 0 Å². The molecule has 0 saturated carbocycles. The molecule has 0 bridgehead atoms. The van der Waals surface area contributed by atoms with Crippen LogP contribution in [0.2, 0.25) is 5.02 Å². The summed E-state index contributed by atoms with van der Waals surface area (Å²) in [4.78, 5) is 24.4. The van der Waals surface area contributed by atoms with Gasteiger partial charge in [-0.25, -0.2) is 4.39 Å². The third-order valence-electron chi connectivity index (χ3n) is 4.51. The summed E-state index contributed by atoms with van der Waals surface area (Å²) in [6.07, 6.45) is 5.09. The molecule has 1 aromatic carbocycles. The fourth-order valence-corrected chi connectivity index (χ4v) is 4.15. The first-order valence-electron chi connectivity index (χ1n) is 9.26. The maximum Gasteiger partial charge on any atom is 0.303 e. The standard InChI is InChI=1S/C20H25ClFNO4S/c21-17-13-14(3-7-18(17)22)12-16(24)6-4-15-5-8-19(25)23(15)9-11-28-10-1-2-20(26)27/h3-4,6-7,13,15-16,24H,1-2,5,8-12H2,(H,26,27)/b6-4+/t15-,16+/m0/s1. The highest BCUT2D eigenvalue weighted by atomic mass is 35.5. The zero-order valence-corrected chi connectivity index (χ0v) is 17.1. The maximum absolute atomic E-state index is 13.2. The molecule has 0 spiro atoms. The van der Waals surface area contributed by atoms with Crippen LogP contribution in [0, 0.1) is 5.82 Å². The van der Waals surface area contributed by atoms with Gasteiger partial charge in [0.1, 0.15) is 5.82 Å². The van der Waals surface area contributed by atoms with Crippen LogP contribution >= 0.6 is 23.4 Å². The highest BCUT2D eigenvalue weighted by Crippen LogP contribution is 2.22. The SMILES string of the molecule is O=C(O)CCCSCCN1C(=O)CC[C@@H]1/C=C/[C@@H](O)Cc1ccc(F)c(Cl)c1. The number of aliphatic hydroxyl groups is 1. The Kier molecular flexibility index (Phi) is 9.28. The smallest absolute Gasteiger partial charge is 0.303 e. The van der Waals surface area contributed by atoms with Crippen molar-refractivity contribution in [1.82, 2.24) is 4.90 Å². The zero-order valence-electron chi connectivity index (χ0n) is 15.5. The van der Waals surface area contributed by atoms with Gasteiger partial charge in [0.15, 0.2) is 0 Å².